The predicted octanol–water partition coefficient (Wildman–Crippen LogP) is 3.92. The third-order valence-electron chi connectivity index (χ3n) is 6.00. The first-order valence-corrected chi connectivity index (χ1v) is 10.6. The van der Waals surface area contributed by atoms with Gasteiger partial charge in [-0.1, -0.05) is 6.07 Å². The number of H-pyrrole nitrogens is 2. The van der Waals surface area contributed by atoms with Crippen LogP contribution in [-0.4, -0.2) is 63.0 Å². The van der Waals surface area contributed by atoms with E-state index in [0.29, 0.717) is 0 Å². The summed E-state index contributed by atoms with van der Waals surface area (Å²) in [5.41, 5.74) is 7.04. The van der Waals surface area contributed by atoms with Crippen LogP contribution in [0, 0.1) is 0 Å². The fraction of sp³-hybridized carbons (Fsp3) is 0.208. The minimum Gasteiger partial charge on any atom is -0.369 e. The van der Waals surface area contributed by atoms with Gasteiger partial charge in [-0.25, -0.2) is 9.97 Å². The molecular formula is C24H23N7. The van der Waals surface area contributed by atoms with Crippen LogP contribution in [0.5, 0.6) is 0 Å². The highest BCUT2D eigenvalue weighted by molar-refractivity contribution is 5.86. The van der Waals surface area contributed by atoms with E-state index in [2.05, 4.69) is 67.1 Å². The van der Waals surface area contributed by atoms with Gasteiger partial charge >= 0.3 is 0 Å². The summed E-state index contributed by atoms with van der Waals surface area (Å²) in [6.45, 7) is 4.30. The van der Waals surface area contributed by atoms with E-state index < -0.39 is 0 Å². The number of hydrogen-bond donors (Lipinski definition) is 2. The van der Waals surface area contributed by atoms with Crippen LogP contribution in [0.2, 0.25) is 0 Å². The van der Waals surface area contributed by atoms with E-state index in [-0.39, 0.29) is 0 Å². The number of imidazole rings is 2. The van der Waals surface area contributed by atoms with Gasteiger partial charge in [0.1, 0.15) is 11.5 Å². The van der Waals surface area contributed by atoms with Crippen LogP contribution in [0.4, 0.5) is 5.69 Å². The van der Waals surface area contributed by atoms with Crippen LogP contribution in [0.1, 0.15) is 0 Å². The fourth-order valence-electron chi connectivity index (χ4n) is 4.18. The number of nitrogens with zero attached hydrogens (tertiary/aromatic N) is 5. The Balaban J connectivity index is 1.33. The maximum absolute atomic E-state index is 4.82. The molecule has 2 N–H and O–H groups in total. The van der Waals surface area contributed by atoms with E-state index in [1.54, 1.807) is 6.20 Å². The SMILES string of the molecule is CN1CCN(c2ccc3nc(-c4ccc5nc(-c6ccccn6)[nH]c5c4)[nH]c3c2)CC1. The highest BCUT2D eigenvalue weighted by atomic mass is 15.2. The number of aromatic nitrogens is 5. The summed E-state index contributed by atoms with van der Waals surface area (Å²) >= 11 is 0. The van der Waals surface area contributed by atoms with E-state index in [4.69, 9.17) is 4.98 Å². The number of benzene rings is 2. The first-order chi connectivity index (χ1) is 15.2. The van der Waals surface area contributed by atoms with Gasteiger partial charge < -0.3 is 19.8 Å². The summed E-state index contributed by atoms with van der Waals surface area (Å²) in [7, 11) is 2.18. The quantitative estimate of drug-likeness (QED) is 0.472. The lowest BCUT2D eigenvalue weighted by Crippen LogP contribution is -2.44. The molecule has 7 nitrogen and oxygen atoms in total. The third kappa shape index (κ3) is 3.33. The van der Waals surface area contributed by atoms with Crippen molar-refractivity contribution in [2.75, 3.05) is 38.1 Å². The van der Waals surface area contributed by atoms with Crippen LogP contribution in [0.15, 0.2) is 60.8 Å². The van der Waals surface area contributed by atoms with Crippen LogP contribution in [-0.2, 0) is 0 Å². The van der Waals surface area contributed by atoms with Gasteiger partial charge in [-0.2, -0.15) is 0 Å². The Morgan fingerprint density at radius 1 is 0.774 bits per heavy atom. The van der Waals surface area contributed by atoms with Crippen molar-refractivity contribution in [1.82, 2.24) is 29.8 Å². The normalized spacial score (nSPS) is 15.2. The molecule has 5 aromatic rings. The Kier molecular flexibility index (Phi) is 4.21. The van der Waals surface area contributed by atoms with Gasteiger partial charge in [0.2, 0.25) is 0 Å². The number of fused-ring (bicyclic) bond motifs is 2. The number of nitrogens with one attached hydrogen (secondary N) is 2. The highest BCUT2D eigenvalue weighted by Gasteiger charge is 2.16. The molecule has 0 atom stereocenters. The highest BCUT2D eigenvalue weighted by Crippen LogP contribution is 2.27. The summed E-state index contributed by atoms with van der Waals surface area (Å²) < 4.78 is 0. The molecule has 0 spiro atoms. The van der Waals surface area contributed by atoms with Crippen LogP contribution < -0.4 is 4.90 Å². The molecule has 31 heavy (non-hydrogen) atoms. The molecule has 3 aromatic heterocycles. The second-order valence-corrected chi connectivity index (χ2v) is 8.11. The second-order valence-electron chi connectivity index (χ2n) is 8.11. The van der Waals surface area contributed by atoms with Crippen LogP contribution >= 0.6 is 0 Å². The van der Waals surface area contributed by atoms with Gasteiger partial charge in [0.05, 0.1) is 22.1 Å². The standard InChI is InChI=1S/C24H23N7/c1-30-10-12-31(13-11-30)17-6-8-19-22(15-17)28-23(26-19)16-5-7-18-21(14-16)29-24(27-18)20-4-2-3-9-25-20/h2-9,14-15H,10-13H2,1H3,(H,26,28)(H,27,29). The molecular weight excluding hydrogens is 386 g/mol. The molecule has 1 fully saturated rings. The zero-order valence-electron chi connectivity index (χ0n) is 17.3. The molecule has 0 amide bonds. The molecule has 0 saturated carbocycles. The molecule has 1 saturated heterocycles. The van der Waals surface area contributed by atoms with E-state index in [9.17, 15) is 0 Å². The monoisotopic (exact) mass is 409 g/mol. The maximum Gasteiger partial charge on any atom is 0.157 e. The molecule has 1 aliphatic heterocycles. The number of piperazine rings is 1. The summed E-state index contributed by atoms with van der Waals surface area (Å²) in [5, 5.41) is 0. The number of rotatable bonds is 3. The lowest BCUT2D eigenvalue weighted by Gasteiger charge is -2.34. The maximum atomic E-state index is 4.82. The third-order valence-corrected chi connectivity index (χ3v) is 6.00. The van der Waals surface area contributed by atoms with Crippen molar-refractivity contribution in [2.45, 2.75) is 0 Å². The van der Waals surface area contributed by atoms with Gasteiger partial charge in [0.25, 0.3) is 0 Å². The lowest BCUT2D eigenvalue weighted by atomic mass is 10.2. The van der Waals surface area contributed by atoms with E-state index >= 15 is 0 Å². The van der Waals surface area contributed by atoms with Crippen LogP contribution in [0.25, 0.3) is 45.0 Å². The number of aromatic amines is 2. The van der Waals surface area contributed by atoms with Crippen molar-refractivity contribution in [2.24, 2.45) is 0 Å². The molecule has 4 heterocycles. The largest absolute Gasteiger partial charge is 0.369 e. The molecule has 0 radical (unpaired) electrons. The number of likely N-dealkylation sites (N-methyl/N-ethyl adjacent to an activating group) is 1. The van der Waals surface area contributed by atoms with Crippen molar-refractivity contribution in [3.63, 3.8) is 0 Å². The number of anilines is 1. The summed E-state index contributed by atoms with van der Waals surface area (Å²) in [6.07, 6.45) is 1.78. The van der Waals surface area contributed by atoms with Gasteiger partial charge in [0.15, 0.2) is 5.82 Å². The van der Waals surface area contributed by atoms with Crippen molar-refractivity contribution < 1.29 is 0 Å². The van der Waals surface area contributed by atoms with Crippen molar-refractivity contribution in [3.8, 4) is 22.9 Å². The van der Waals surface area contributed by atoms with Crippen LogP contribution in [0.3, 0.4) is 0 Å². The molecule has 0 aliphatic carbocycles. The summed E-state index contributed by atoms with van der Waals surface area (Å²) in [4.78, 5) is 25.6. The zero-order chi connectivity index (χ0) is 20.8. The minimum atomic E-state index is 0.772. The molecule has 1 aliphatic rings. The summed E-state index contributed by atoms with van der Waals surface area (Å²) in [5.74, 6) is 1.63. The van der Waals surface area contributed by atoms with Crippen molar-refractivity contribution >= 4 is 27.8 Å². The van der Waals surface area contributed by atoms with Crippen molar-refractivity contribution in [3.05, 3.63) is 60.8 Å². The summed E-state index contributed by atoms with van der Waals surface area (Å²) in [6, 6.07) is 18.5. The smallest absolute Gasteiger partial charge is 0.157 e. The molecule has 0 bridgehead atoms. The molecule has 0 unspecified atom stereocenters. The number of pyridine rings is 1. The van der Waals surface area contributed by atoms with E-state index in [0.717, 1.165) is 71.2 Å². The zero-order valence-corrected chi connectivity index (χ0v) is 17.3. The fourth-order valence-corrected chi connectivity index (χ4v) is 4.18. The Bertz CT molecular complexity index is 1360. The lowest BCUT2D eigenvalue weighted by molar-refractivity contribution is 0.313. The van der Waals surface area contributed by atoms with E-state index in [1.807, 2.05) is 24.3 Å². The van der Waals surface area contributed by atoms with E-state index in [1.165, 1.54) is 5.69 Å². The first kappa shape index (κ1) is 18.1. The predicted molar refractivity (Wildman–Crippen MR) is 124 cm³/mol. The Labute approximate surface area is 179 Å². The Morgan fingerprint density at radius 3 is 2.32 bits per heavy atom. The Hall–Kier alpha value is -3.71. The molecule has 6 rings (SSSR count). The minimum absolute atomic E-state index is 0.772. The molecule has 2 aromatic carbocycles. The van der Waals surface area contributed by atoms with Gasteiger partial charge in [-0.15, -0.1) is 0 Å². The van der Waals surface area contributed by atoms with Gasteiger partial charge in [-0.3, -0.25) is 4.98 Å². The Morgan fingerprint density at radius 2 is 1.52 bits per heavy atom. The average molecular weight is 409 g/mol. The molecule has 7 heteroatoms. The van der Waals surface area contributed by atoms with Gasteiger partial charge in [-0.05, 0) is 55.6 Å². The first-order valence-electron chi connectivity index (χ1n) is 10.6. The van der Waals surface area contributed by atoms with Gasteiger partial charge in [0, 0.05) is 43.6 Å². The average Bonchev–Trinajstić information content (AvgIpc) is 3.43. The topological polar surface area (TPSA) is 76.7 Å². The van der Waals surface area contributed by atoms with Crippen molar-refractivity contribution in [1.29, 1.82) is 0 Å². The molecule has 154 valence electrons. The second kappa shape index (κ2) is 7.21. The number of hydrogen-bond acceptors (Lipinski definition) is 5.